The first-order valence-electron chi connectivity index (χ1n) is 6.19. The first kappa shape index (κ1) is 13.3. The van der Waals surface area contributed by atoms with Crippen LogP contribution in [0.3, 0.4) is 0 Å². The van der Waals surface area contributed by atoms with E-state index in [-0.39, 0.29) is 6.03 Å². The summed E-state index contributed by atoms with van der Waals surface area (Å²) in [6.07, 6.45) is 0. The minimum Gasteiger partial charge on any atom is -0.379 e. The Morgan fingerprint density at radius 2 is 2.22 bits per heavy atom. The number of nitrogens with zero attached hydrogens (tertiary/aromatic N) is 1. The molecule has 2 heterocycles. The summed E-state index contributed by atoms with van der Waals surface area (Å²) in [6.45, 7) is 5.67. The Bertz CT molecular complexity index is 350. The summed E-state index contributed by atoms with van der Waals surface area (Å²) < 4.78 is 5.27. The zero-order valence-corrected chi connectivity index (χ0v) is 11.2. The average Bonchev–Trinajstić information content (AvgIpc) is 2.91. The molecule has 100 valence electrons. The summed E-state index contributed by atoms with van der Waals surface area (Å²) in [5.74, 6) is 0. The first-order valence-corrected chi connectivity index (χ1v) is 7.07. The molecule has 18 heavy (non-hydrogen) atoms. The zero-order chi connectivity index (χ0) is 12.6. The van der Waals surface area contributed by atoms with Gasteiger partial charge in [0.05, 0.1) is 19.8 Å². The van der Waals surface area contributed by atoms with Gasteiger partial charge in [-0.2, -0.15) is 0 Å². The molecule has 6 heteroatoms. The van der Waals surface area contributed by atoms with Crippen molar-refractivity contribution in [2.24, 2.45) is 0 Å². The van der Waals surface area contributed by atoms with Crippen molar-refractivity contribution in [2.45, 2.75) is 6.54 Å². The normalized spacial score (nSPS) is 16.4. The van der Waals surface area contributed by atoms with Crippen molar-refractivity contribution >= 4 is 17.4 Å². The van der Waals surface area contributed by atoms with Crippen molar-refractivity contribution in [1.29, 1.82) is 0 Å². The van der Waals surface area contributed by atoms with E-state index in [4.69, 9.17) is 4.74 Å². The third-order valence-electron chi connectivity index (χ3n) is 2.82. The van der Waals surface area contributed by atoms with Crippen molar-refractivity contribution in [1.82, 2.24) is 15.5 Å². The molecule has 0 unspecified atom stereocenters. The fraction of sp³-hybridized carbons (Fsp3) is 0.583. The number of rotatable bonds is 5. The van der Waals surface area contributed by atoms with Crippen molar-refractivity contribution < 1.29 is 9.53 Å². The SMILES string of the molecule is O=C(NCCN1CCOCC1)NCc1cccs1. The number of carbonyl (C=O) groups is 1. The van der Waals surface area contributed by atoms with Crippen LogP contribution >= 0.6 is 11.3 Å². The molecular formula is C12H19N3O2S. The van der Waals surface area contributed by atoms with Gasteiger partial charge in [0.1, 0.15) is 0 Å². The van der Waals surface area contributed by atoms with E-state index in [2.05, 4.69) is 15.5 Å². The van der Waals surface area contributed by atoms with Crippen molar-refractivity contribution in [3.63, 3.8) is 0 Å². The number of thiophene rings is 1. The molecule has 1 aliphatic rings. The molecule has 2 amide bonds. The molecule has 5 nitrogen and oxygen atoms in total. The van der Waals surface area contributed by atoms with Gasteiger partial charge in [-0.1, -0.05) is 6.07 Å². The number of ether oxygens (including phenoxy) is 1. The van der Waals surface area contributed by atoms with Crippen molar-refractivity contribution in [3.05, 3.63) is 22.4 Å². The minimum atomic E-state index is -0.100. The molecule has 2 N–H and O–H groups in total. The Morgan fingerprint density at radius 1 is 1.39 bits per heavy atom. The Kier molecular flexibility index (Phi) is 5.44. The van der Waals surface area contributed by atoms with Crippen LogP contribution in [-0.4, -0.2) is 50.3 Å². The fourth-order valence-electron chi connectivity index (χ4n) is 1.80. The first-order chi connectivity index (χ1) is 8.84. The number of amides is 2. The smallest absolute Gasteiger partial charge is 0.315 e. The molecule has 2 rings (SSSR count). The summed E-state index contributed by atoms with van der Waals surface area (Å²) in [7, 11) is 0. The van der Waals surface area contributed by atoms with Crippen LogP contribution in [0.2, 0.25) is 0 Å². The number of hydrogen-bond donors (Lipinski definition) is 2. The number of urea groups is 1. The lowest BCUT2D eigenvalue weighted by Gasteiger charge is -2.26. The van der Waals surface area contributed by atoms with E-state index in [9.17, 15) is 4.79 Å². The maximum Gasteiger partial charge on any atom is 0.315 e. The summed E-state index contributed by atoms with van der Waals surface area (Å²) in [6, 6.07) is 3.90. The maximum absolute atomic E-state index is 11.5. The van der Waals surface area contributed by atoms with Gasteiger partial charge in [-0.3, -0.25) is 4.90 Å². The van der Waals surface area contributed by atoms with E-state index in [0.717, 1.165) is 32.8 Å². The molecule has 0 radical (unpaired) electrons. The highest BCUT2D eigenvalue weighted by molar-refractivity contribution is 7.09. The molecule has 0 spiro atoms. The highest BCUT2D eigenvalue weighted by Gasteiger charge is 2.09. The topological polar surface area (TPSA) is 53.6 Å². The second kappa shape index (κ2) is 7.35. The fourth-order valence-corrected chi connectivity index (χ4v) is 2.44. The van der Waals surface area contributed by atoms with Crippen LogP contribution in [0.1, 0.15) is 4.88 Å². The summed E-state index contributed by atoms with van der Waals surface area (Å²) in [5, 5.41) is 7.71. The summed E-state index contributed by atoms with van der Waals surface area (Å²) in [5.41, 5.74) is 0. The second-order valence-corrected chi connectivity index (χ2v) is 5.18. The third kappa shape index (κ3) is 4.64. The Hall–Kier alpha value is -1.11. The van der Waals surface area contributed by atoms with E-state index in [1.54, 1.807) is 11.3 Å². The minimum absolute atomic E-state index is 0.100. The van der Waals surface area contributed by atoms with E-state index in [1.165, 1.54) is 4.88 Å². The molecule has 1 aromatic heterocycles. The zero-order valence-electron chi connectivity index (χ0n) is 10.4. The second-order valence-electron chi connectivity index (χ2n) is 4.14. The number of nitrogens with one attached hydrogen (secondary N) is 2. The lowest BCUT2D eigenvalue weighted by atomic mass is 10.4. The quantitative estimate of drug-likeness (QED) is 0.834. The summed E-state index contributed by atoms with van der Waals surface area (Å²) in [4.78, 5) is 15.0. The van der Waals surface area contributed by atoms with Crippen LogP contribution in [0, 0.1) is 0 Å². The molecule has 0 atom stereocenters. The average molecular weight is 269 g/mol. The van der Waals surface area contributed by atoms with Crippen LogP contribution in [-0.2, 0) is 11.3 Å². The predicted molar refractivity (Wildman–Crippen MR) is 71.8 cm³/mol. The number of hydrogen-bond acceptors (Lipinski definition) is 4. The summed E-state index contributed by atoms with van der Waals surface area (Å²) >= 11 is 1.65. The molecule has 0 bridgehead atoms. The van der Waals surface area contributed by atoms with E-state index >= 15 is 0 Å². The van der Waals surface area contributed by atoms with E-state index in [0.29, 0.717) is 13.1 Å². The highest BCUT2D eigenvalue weighted by atomic mass is 32.1. The van der Waals surface area contributed by atoms with Crippen LogP contribution in [0.5, 0.6) is 0 Å². The van der Waals surface area contributed by atoms with Crippen LogP contribution in [0.4, 0.5) is 4.79 Å². The van der Waals surface area contributed by atoms with Gasteiger partial charge in [-0.25, -0.2) is 4.79 Å². The largest absolute Gasteiger partial charge is 0.379 e. The Labute approximate surface area is 111 Å². The lowest BCUT2D eigenvalue weighted by Crippen LogP contribution is -2.43. The molecule has 0 saturated carbocycles. The van der Waals surface area contributed by atoms with Crippen molar-refractivity contribution in [2.75, 3.05) is 39.4 Å². The van der Waals surface area contributed by atoms with Crippen LogP contribution in [0.25, 0.3) is 0 Å². The predicted octanol–water partition coefficient (Wildman–Crippen LogP) is 0.880. The molecule has 1 fully saturated rings. The Balaban J connectivity index is 1.54. The van der Waals surface area contributed by atoms with Gasteiger partial charge in [0.2, 0.25) is 0 Å². The standard InChI is InChI=1S/C12H19N3O2S/c16-12(14-10-11-2-1-9-18-11)13-3-4-15-5-7-17-8-6-15/h1-2,9H,3-8,10H2,(H2,13,14,16). The van der Waals surface area contributed by atoms with Crippen molar-refractivity contribution in [3.8, 4) is 0 Å². The molecule has 1 aliphatic heterocycles. The lowest BCUT2D eigenvalue weighted by molar-refractivity contribution is 0.0387. The molecule has 0 aliphatic carbocycles. The van der Waals surface area contributed by atoms with Crippen LogP contribution in [0.15, 0.2) is 17.5 Å². The molecule has 1 saturated heterocycles. The van der Waals surface area contributed by atoms with Gasteiger partial charge in [0.15, 0.2) is 0 Å². The van der Waals surface area contributed by atoms with Gasteiger partial charge in [-0.15, -0.1) is 11.3 Å². The monoisotopic (exact) mass is 269 g/mol. The van der Waals surface area contributed by atoms with Gasteiger partial charge in [0.25, 0.3) is 0 Å². The molecular weight excluding hydrogens is 250 g/mol. The van der Waals surface area contributed by atoms with Crippen LogP contribution < -0.4 is 10.6 Å². The molecule has 1 aromatic rings. The van der Waals surface area contributed by atoms with E-state index in [1.807, 2.05) is 17.5 Å². The third-order valence-corrected chi connectivity index (χ3v) is 3.70. The molecule has 0 aromatic carbocycles. The number of morpholine rings is 1. The highest BCUT2D eigenvalue weighted by Crippen LogP contribution is 2.06. The number of carbonyl (C=O) groups excluding carboxylic acids is 1. The van der Waals surface area contributed by atoms with Gasteiger partial charge < -0.3 is 15.4 Å². The maximum atomic E-state index is 11.5. The van der Waals surface area contributed by atoms with E-state index < -0.39 is 0 Å². The Morgan fingerprint density at radius 3 is 2.94 bits per heavy atom. The van der Waals surface area contributed by atoms with Gasteiger partial charge >= 0.3 is 6.03 Å². The van der Waals surface area contributed by atoms with Gasteiger partial charge in [0, 0.05) is 31.1 Å². The van der Waals surface area contributed by atoms with Gasteiger partial charge in [-0.05, 0) is 11.4 Å².